The highest BCUT2D eigenvalue weighted by Crippen LogP contribution is 2.33. The number of para-hydroxylation sites is 1. The van der Waals surface area contributed by atoms with Crippen molar-refractivity contribution in [1.82, 2.24) is 4.98 Å². The molecule has 130 valence electrons. The zero-order valence-corrected chi connectivity index (χ0v) is 13.9. The number of benzene rings is 2. The molecule has 1 aromatic heterocycles. The van der Waals surface area contributed by atoms with Crippen molar-refractivity contribution >= 4 is 27.8 Å². The van der Waals surface area contributed by atoms with Crippen LogP contribution >= 0.6 is 0 Å². The van der Waals surface area contributed by atoms with E-state index >= 15 is 0 Å². The Bertz CT molecular complexity index is 948. The van der Waals surface area contributed by atoms with Gasteiger partial charge in [0.1, 0.15) is 17.6 Å². The fraction of sp³-hybridized carbons (Fsp3) is 0.222. The Balaban J connectivity index is 2.20. The number of ether oxygens (including phenoxy) is 2. The zero-order valence-electron chi connectivity index (χ0n) is 13.9. The molecule has 0 spiro atoms. The second-order valence-corrected chi connectivity index (χ2v) is 6.05. The van der Waals surface area contributed by atoms with E-state index in [2.05, 4.69) is 4.98 Å². The van der Waals surface area contributed by atoms with Crippen molar-refractivity contribution in [3.8, 4) is 11.5 Å². The van der Waals surface area contributed by atoms with Gasteiger partial charge >= 0.3 is 5.97 Å². The van der Waals surface area contributed by atoms with Crippen LogP contribution in [0.2, 0.25) is 0 Å². The van der Waals surface area contributed by atoms with E-state index in [1.54, 1.807) is 6.07 Å². The average Bonchev–Trinajstić information content (AvgIpc) is 2.51. The van der Waals surface area contributed by atoms with Crippen molar-refractivity contribution in [2.45, 2.75) is 25.8 Å². The summed E-state index contributed by atoms with van der Waals surface area (Å²) in [5.74, 6) is -1.68. The molecule has 1 atom stereocenters. The molecule has 0 fully saturated rings. The number of pyridine rings is 1. The Kier molecular flexibility index (Phi) is 4.30. The molecular weight excluding hydrogens is 322 g/mol. The van der Waals surface area contributed by atoms with Crippen LogP contribution in [0.4, 0.5) is 0 Å². The maximum absolute atomic E-state index is 11.8. The number of aromatic nitrogens is 1. The number of carbonyl (C=O) groups excluding carboxylic acids is 1. The van der Waals surface area contributed by atoms with Crippen molar-refractivity contribution in [1.29, 1.82) is 0 Å². The lowest BCUT2D eigenvalue weighted by molar-refractivity contribution is -0.142. The Hall–Kier alpha value is -2.74. The molecule has 0 bridgehead atoms. The molecule has 7 heteroatoms. The Morgan fingerprint density at radius 2 is 1.92 bits per heavy atom. The highest BCUT2D eigenvalue weighted by molar-refractivity contribution is 5.97. The summed E-state index contributed by atoms with van der Waals surface area (Å²) in [6, 6.07) is 12.6. The van der Waals surface area contributed by atoms with E-state index in [0.717, 1.165) is 10.9 Å². The van der Waals surface area contributed by atoms with Crippen LogP contribution in [-0.2, 0) is 4.79 Å². The second kappa shape index (κ2) is 6.29. The van der Waals surface area contributed by atoms with Gasteiger partial charge < -0.3 is 14.6 Å². The predicted molar refractivity (Wildman–Crippen MR) is 94.0 cm³/mol. The van der Waals surface area contributed by atoms with Gasteiger partial charge in [-0.25, -0.2) is 9.78 Å². The SMILES string of the molecule is CC(O)C(=O)Oc1cc(OC(C)(N)N)cc2nc3ccccc3cc12. The van der Waals surface area contributed by atoms with Crippen molar-refractivity contribution in [3.05, 3.63) is 42.5 Å². The number of nitrogens with two attached hydrogens (primary N) is 2. The maximum atomic E-state index is 11.8. The first-order chi connectivity index (χ1) is 11.7. The molecule has 2 aromatic carbocycles. The monoisotopic (exact) mass is 341 g/mol. The van der Waals surface area contributed by atoms with E-state index in [0.29, 0.717) is 16.7 Å². The minimum absolute atomic E-state index is 0.209. The first kappa shape index (κ1) is 17.1. The molecule has 7 nitrogen and oxygen atoms in total. The van der Waals surface area contributed by atoms with Crippen LogP contribution in [-0.4, -0.2) is 28.0 Å². The quantitative estimate of drug-likeness (QED) is 0.285. The molecule has 3 aromatic rings. The molecule has 1 heterocycles. The molecule has 5 N–H and O–H groups in total. The maximum Gasteiger partial charge on any atom is 0.340 e. The summed E-state index contributed by atoms with van der Waals surface area (Å²) < 4.78 is 10.8. The topological polar surface area (TPSA) is 121 Å². The number of aliphatic hydroxyl groups excluding tert-OH is 1. The number of hydrogen-bond acceptors (Lipinski definition) is 7. The molecule has 0 amide bonds. The average molecular weight is 341 g/mol. The summed E-state index contributed by atoms with van der Waals surface area (Å²) in [6.45, 7) is 2.82. The van der Waals surface area contributed by atoms with E-state index in [4.69, 9.17) is 20.9 Å². The first-order valence-electron chi connectivity index (χ1n) is 7.73. The van der Waals surface area contributed by atoms with Gasteiger partial charge in [0.25, 0.3) is 0 Å². The van der Waals surface area contributed by atoms with Crippen LogP contribution in [0.25, 0.3) is 21.8 Å². The molecule has 0 aliphatic rings. The molecule has 3 rings (SSSR count). The molecule has 0 aliphatic heterocycles. The molecule has 0 radical (unpaired) electrons. The summed E-state index contributed by atoms with van der Waals surface area (Å²) in [6.07, 6.45) is -1.26. The summed E-state index contributed by atoms with van der Waals surface area (Å²) in [5.41, 5.74) is 12.7. The third-order valence-electron chi connectivity index (χ3n) is 3.46. The lowest BCUT2D eigenvalue weighted by atomic mass is 10.1. The zero-order chi connectivity index (χ0) is 18.2. The predicted octanol–water partition coefficient (Wildman–Crippen LogP) is 1.64. The number of fused-ring (bicyclic) bond motifs is 2. The minimum Gasteiger partial charge on any atom is -0.460 e. The smallest absolute Gasteiger partial charge is 0.340 e. The summed E-state index contributed by atoms with van der Waals surface area (Å²) in [4.78, 5) is 16.4. The second-order valence-electron chi connectivity index (χ2n) is 6.05. The van der Waals surface area contributed by atoms with Crippen LogP contribution in [0.5, 0.6) is 11.5 Å². The van der Waals surface area contributed by atoms with Gasteiger partial charge in [-0.2, -0.15) is 0 Å². The van der Waals surface area contributed by atoms with E-state index in [-0.39, 0.29) is 5.75 Å². The molecular formula is C18H19N3O4. The van der Waals surface area contributed by atoms with Gasteiger partial charge in [-0.3, -0.25) is 11.5 Å². The summed E-state index contributed by atoms with van der Waals surface area (Å²) >= 11 is 0. The van der Waals surface area contributed by atoms with E-state index in [1.165, 1.54) is 19.9 Å². The van der Waals surface area contributed by atoms with Crippen LogP contribution < -0.4 is 20.9 Å². The molecule has 0 aliphatic carbocycles. The largest absolute Gasteiger partial charge is 0.460 e. The van der Waals surface area contributed by atoms with E-state index in [9.17, 15) is 9.90 Å². The minimum atomic E-state index is -1.41. The number of esters is 1. The Labute approximate surface area is 144 Å². The van der Waals surface area contributed by atoms with Gasteiger partial charge in [0, 0.05) is 29.8 Å². The number of rotatable bonds is 4. The fourth-order valence-corrected chi connectivity index (χ4v) is 2.41. The number of aliphatic hydroxyl groups is 1. The first-order valence-corrected chi connectivity index (χ1v) is 7.73. The van der Waals surface area contributed by atoms with Crippen LogP contribution in [0.3, 0.4) is 0 Å². The van der Waals surface area contributed by atoms with Gasteiger partial charge in [0.15, 0.2) is 0 Å². The van der Waals surface area contributed by atoms with Gasteiger partial charge in [-0.15, -0.1) is 0 Å². The van der Waals surface area contributed by atoms with Gasteiger partial charge in [-0.1, -0.05) is 18.2 Å². The number of carbonyl (C=O) groups is 1. The van der Waals surface area contributed by atoms with Gasteiger partial charge in [-0.05, 0) is 19.1 Å². The Morgan fingerprint density at radius 1 is 1.20 bits per heavy atom. The van der Waals surface area contributed by atoms with Crippen molar-refractivity contribution < 1.29 is 19.4 Å². The van der Waals surface area contributed by atoms with Crippen LogP contribution in [0, 0.1) is 0 Å². The summed E-state index contributed by atoms with van der Waals surface area (Å²) in [7, 11) is 0. The lowest BCUT2D eigenvalue weighted by Gasteiger charge is -2.21. The van der Waals surface area contributed by atoms with Crippen LogP contribution in [0.15, 0.2) is 42.5 Å². The molecule has 0 saturated heterocycles. The van der Waals surface area contributed by atoms with Crippen molar-refractivity contribution in [3.63, 3.8) is 0 Å². The Morgan fingerprint density at radius 3 is 2.60 bits per heavy atom. The van der Waals surface area contributed by atoms with E-state index < -0.39 is 17.9 Å². The highest BCUT2D eigenvalue weighted by Gasteiger charge is 2.19. The molecule has 25 heavy (non-hydrogen) atoms. The lowest BCUT2D eigenvalue weighted by Crippen LogP contribution is -2.51. The van der Waals surface area contributed by atoms with Crippen LogP contribution in [0.1, 0.15) is 13.8 Å². The van der Waals surface area contributed by atoms with Crippen molar-refractivity contribution in [2.75, 3.05) is 0 Å². The third kappa shape index (κ3) is 3.85. The summed E-state index contributed by atoms with van der Waals surface area (Å²) in [5, 5.41) is 10.9. The van der Waals surface area contributed by atoms with E-state index in [1.807, 2.05) is 30.3 Å². The van der Waals surface area contributed by atoms with Crippen molar-refractivity contribution in [2.24, 2.45) is 11.5 Å². The molecule has 0 saturated carbocycles. The third-order valence-corrected chi connectivity index (χ3v) is 3.46. The fourth-order valence-electron chi connectivity index (χ4n) is 2.41. The normalized spacial score (nSPS) is 13.0. The van der Waals surface area contributed by atoms with Gasteiger partial charge in [0.2, 0.25) is 5.85 Å². The standard InChI is InChI=1S/C18H19N3O4/c1-10(22)17(23)24-16-9-12(25-18(2,19)20)8-15-13(16)7-11-5-3-4-6-14(11)21-15/h3-10,22H,19-20H2,1-2H3. The highest BCUT2D eigenvalue weighted by atomic mass is 16.6. The van der Waals surface area contributed by atoms with Gasteiger partial charge in [0.05, 0.1) is 11.0 Å². The molecule has 1 unspecified atom stereocenters. The number of nitrogens with zero attached hydrogens (tertiary/aromatic N) is 1. The number of hydrogen-bond donors (Lipinski definition) is 3.